The van der Waals surface area contributed by atoms with Crippen LogP contribution in [0.4, 0.5) is 10.1 Å². The molecule has 4 rings (SSSR count). The number of hydrogen-bond donors (Lipinski definition) is 4. The van der Waals surface area contributed by atoms with Crippen LogP contribution in [0.25, 0.3) is 0 Å². The van der Waals surface area contributed by atoms with E-state index >= 15 is 0 Å². The van der Waals surface area contributed by atoms with E-state index in [1.54, 1.807) is 12.1 Å². The van der Waals surface area contributed by atoms with Gasteiger partial charge in [0.1, 0.15) is 11.6 Å². The zero-order valence-corrected chi connectivity index (χ0v) is 28.1. The van der Waals surface area contributed by atoms with E-state index in [2.05, 4.69) is 16.0 Å². The predicted octanol–water partition coefficient (Wildman–Crippen LogP) is 4.21. The van der Waals surface area contributed by atoms with Crippen LogP contribution in [0.3, 0.4) is 0 Å². The number of ether oxygens (including phenoxy) is 1. The number of nitrogens with zero attached hydrogens (tertiary/aromatic N) is 1. The number of aliphatic hydroxyl groups excluding tert-OH is 1. The molecule has 0 unspecified atom stereocenters. The maximum atomic E-state index is 14.5. The van der Waals surface area contributed by atoms with Crippen molar-refractivity contribution >= 4 is 27.5 Å². The third-order valence-corrected chi connectivity index (χ3v) is 9.19. The van der Waals surface area contributed by atoms with E-state index in [4.69, 9.17) is 4.74 Å². The summed E-state index contributed by atoms with van der Waals surface area (Å²) in [4.78, 5) is 27.2. The molecular formula is C36H41FN4O6S. The first-order valence-electron chi connectivity index (χ1n) is 15.4. The summed E-state index contributed by atoms with van der Waals surface area (Å²) in [6.07, 6.45) is 0.152. The molecule has 10 nitrogen and oxygen atoms in total. The quantitative estimate of drug-likeness (QED) is 0.148. The Balaban J connectivity index is 1.59. The minimum absolute atomic E-state index is 0.00282. The third-order valence-electron chi connectivity index (χ3n) is 7.98. The van der Waals surface area contributed by atoms with Crippen molar-refractivity contribution in [2.24, 2.45) is 0 Å². The number of nitrogens with one attached hydrogen (secondary N) is 3. The molecule has 4 N–H and O–H groups in total. The molecule has 4 aromatic rings. The Kier molecular flexibility index (Phi) is 12.3. The van der Waals surface area contributed by atoms with Gasteiger partial charge in [-0.1, -0.05) is 66.7 Å². The van der Waals surface area contributed by atoms with E-state index in [0.717, 1.165) is 21.7 Å². The summed E-state index contributed by atoms with van der Waals surface area (Å²) in [5, 5.41) is 20.1. The standard InChI is InChI=1S/C36H41FN4O6S/c1-24(26-14-9-6-10-15-26)39-35(43)27-19-28(21-29(20-27)41(2)48(4,45)46)36(44)40-32(18-25-12-7-5-8-13-25)33(42)23-38-22-30-31(37)16-11-17-34(30)47-3/h5-17,19-21,24,32-33,38,42H,18,22-23H2,1-4H3,(H,39,43)(H,40,44)/t24-,32+,33-/m1/s1. The molecule has 4 aromatic carbocycles. The van der Waals surface area contributed by atoms with Crippen LogP contribution in [-0.2, 0) is 23.0 Å². The molecule has 0 fully saturated rings. The van der Waals surface area contributed by atoms with Gasteiger partial charge in [0.25, 0.3) is 11.8 Å². The van der Waals surface area contributed by atoms with Crippen LogP contribution < -0.4 is 25.0 Å². The van der Waals surface area contributed by atoms with Gasteiger partial charge < -0.3 is 25.8 Å². The second-order valence-corrected chi connectivity index (χ2v) is 13.5. The van der Waals surface area contributed by atoms with Crippen molar-refractivity contribution in [2.45, 2.75) is 38.1 Å². The SMILES string of the molecule is COc1cccc(F)c1CNC[C@@H](O)[C@H](Cc1ccccc1)NC(=O)c1cc(C(=O)N[C@H](C)c2ccccc2)cc(N(C)S(C)(=O)=O)c1. The molecule has 254 valence electrons. The van der Waals surface area contributed by atoms with E-state index in [1.165, 1.54) is 38.4 Å². The Labute approximate surface area is 281 Å². The first-order valence-corrected chi connectivity index (χ1v) is 17.2. The van der Waals surface area contributed by atoms with Crippen LogP contribution in [0.2, 0.25) is 0 Å². The molecule has 2 amide bonds. The van der Waals surface area contributed by atoms with Crippen molar-refractivity contribution in [1.82, 2.24) is 16.0 Å². The molecular weight excluding hydrogens is 635 g/mol. The molecule has 0 heterocycles. The molecule has 0 aliphatic heterocycles. The Bertz CT molecular complexity index is 1810. The van der Waals surface area contributed by atoms with Crippen molar-refractivity contribution in [3.63, 3.8) is 0 Å². The van der Waals surface area contributed by atoms with Gasteiger partial charge in [0, 0.05) is 36.8 Å². The van der Waals surface area contributed by atoms with Crippen molar-refractivity contribution in [3.05, 3.63) is 131 Å². The van der Waals surface area contributed by atoms with Crippen molar-refractivity contribution in [2.75, 3.05) is 31.3 Å². The van der Waals surface area contributed by atoms with Crippen LogP contribution in [0.15, 0.2) is 97.1 Å². The van der Waals surface area contributed by atoms with Crippen molar-refractivity contribution in [3.8, 4) is 5.75 Å². The second-order valence-electron chi connectivity index (χ2n) is 11.5. The second kappa shape index (κ2) is 16.4. The van der Waals surface area contributed by atoms with Gasteiger partial charge in [-0.3, -0.25) is 13.9 Å². The molecule has 0 aliphatic carbocycles. The Hall–Kier alpha value is -4.78. The van der Waals surface area contributed by atoms with Crippen molar-refractivity contribution < 1.29 is 32.2 Å². The number of carbonyl (C=O) groups is 2. The van der Waals surface area contributed by atoms with Crippen LogP contribution in [0.5, 0.6) is 5.75 Å². The number of rotatable bonds is 15. The molecule has 48 heavy (non-hydrogen) atoms. The molecule has 0 radical (unpaired) electrons. The topological polar surface area (TPSA) is 137 Å². The minimum atomic E-state index is -3.74. The van der Waals surface area contributed by atoms with Gasteiger partial charge >= 0.3 is 0 Å². The lowest BCUT2D eigenvalue weighted by atomic mass is 9.99. The van der Waals surface area contributed by atoms with Gasteiger partial charge in [-0.25, -0.2) is 12.8 Å². The number of carbonyl (C=O) groups excluding carboxylic acids is 2. The number of sulfonamides is 1. The smallest absolute Gasteiger partial charge is 0.251 e. The molecule has 3 atom stereocenters. The summed E-state index contributed by atoms with van der Waals surface area (Å²) in [5.41, 5.74) is 2.23. The van der Waals surface area contributed by atoms with Gasteiger partial charge in [-0.2, -0.15) is 0 Å². The van der Waals surface area contributed by atoms with E-state index in [1.807, 2.05) is 67.6 Å². The van der Waals surface area contributed by atoms with E-state index in [9.17, 15) is 27.5 Å². The summed E-state index contributed by atoms with van der Waals surface area (Å²) < 4.78 is 45.6. The number of amides is 2. The van der Waals surface area contributed by atoms with Gasteiger partial charge in [0.2, 0.25) is 10.0 Å². The lowest BCUT2D eigenvalue weighted by Crippen LogP contribution is -2.48. The van der Waals surface area contributed by atoms with E-state index in [-0.39, 0.29) is 42.4 Å². The summed E-state index contributed by atoms with van der Waals surface area (Å²) >= 11 is 0. The highest BCUT2D eigenvalue weighted by Gasteiger charge is 2.25. The highest BCUT2D eigenvalue weighted by Crippen LogP contribution is 2.23. The number of hydrogen-bond acceptors (Lipinski definition) is 7. The van der Waals surface area contributed by atoms with Gasteiger partial charge in [-0.15, -0.1) is 0 Å². The monoisotopic (exact) mass is 676 g/mol. The summed E-state index contributed by atoms with van der Waals surface area (Å²) in [6, 6.07) is 26.1. The van der Waals surface area contributed by atoms with Crippen LogP contribution in [0, 0.1) is 5.82 Å². The van der Waals surface area contributed by atoms with Crippen molar-refractivity contribution in [1.29, 1.82) is 0 Å². The summed E-state index contributed by atoms with van der Waals surface area (Å²) in [7, 11) is -0.963. The van der Waals surface area contributed by atoms with Crippen LogP contribution in [0.1, 0.15) is 50.4 Å². The lowest BCUT2D eigenvalue weighted by molar-refractivity contribution is 0.0829. The van der Waals surface area contributed by atoms with E-state index < -0.39 is 39.8 Å². The summed E-state index contributed by atoms with van der Waals surface area (Å²) in [6.45, 7) is 1.88. The fraction of sp³-hybridized carbons (Fsp3) is 0.278. The zero-order chi connectivity index (χ0) is 34.8. The average molecular weight is 677 g/mol. The first kappa shape index (κ1) is 36.1. The van der Waals surface area contributed by atoms with Gasteiger partial charge in [0.15, 0.2) is 0 Å². The summed E-state index contributed by atoms with van der Waals surface area (Å²) in [5.74, 6) is -1.22. The normalized spacial score (nSPS) is 13.2. The highest BCUT2D eigenvalue weighted by atomic mass is 32.2. The van der Waals surface area contributed by atoms with Gasteiger partial charge in [-0.05, 0) is 54.8 Å². The Morgan fingerprint density at radius 1 is 0.896 bits per heavy atom. The number of aliphatic hydroxyl groups is 1. The predicted molar refractivity (Wildman–Crippen MR) is 184 cm³/mol. The van der Waals surface area contributed by atoms with Gasteiger partial charge in [0.05, 0.1) is 37.2 Å². The number of halogens is 1. The van der Waals surface area contributed by atoms with Crippen LogP contribution in [-0.4, -0.2) is 64.4 Å². The number of methoxy groups -OCH3 is 1. The molecule has 12 heteroatoms. The fourth-order valence-corrected chi connectivity index (χ4v) is 5.63. The number of benzene rings is 4. The minimum Gasteiger partial charge on any atom is -0.496 e. The lowest BCUT2D eigenvalue weighted by Gasteiger charge is -2.26. The third kappa shape index (κ3) is 9.63. The Morgan fingerprint density at radius 3 is 2.10 bits per heavy atom. The molecule has 0 spiro atoms. The first-order chi connectivity index (χ1) is 22.9. The fourth-order valence-electron chi connectivity index (χ4n) is 5.14. The Morgan fingerprint density at radius 2 is 1.50 bits per heavy atom. The molecule has 0 aliphatic rings. The van der Waals surface area contributed by atoms with E-state index in [0.29, 0.717) is 11.3 Å². The molecule has 0 saturated carbocycles. The zero-order valence-electron chi connectivity index (χ0n) is 27.3. The maximum absolute atomic E-state index is 14.5. The van der Waals surface area contributed by atoms with Crippen LogP contribution >= 0.6 is 0 Å². The number of anilines is 1. The molecule has 0 saturated heterocycles. The largest absolute Gasteiger partial charge is 0.496 e. The average Bonchev–Trinajstić information content (AvgIpc) is 3.08. The molecule has 0 bridgehead atoms. The maximum Gasteiger partial charge on any atom is 0.251 e. The highest BCUT2D eigenvalue weighted by molar-refractivity contribution is 7.92. The molecule has 0 aromatic heterocycles.